The molecule has 3 atom stereocenters. The number of nitro groups is 1. The second-order valence-corrected chi connectivity index (χ2v) is 3.85. The summed E-state index contributed by atoms with van der Waals surface area (Å²) in [5, 5.41) is 16.5. The van der Waals surface area contributed by atoms with Crippen LogP contribution in [0.3, 0.4) is 0 Å². The Labute approximate surface area is 81.2 Å². The van der Waals surface area contributed by atoms with Crippen LogP contribution in [-0.4, -0.2) is 35.5 Å². The van der Waals surface area contributed by atoms with Gasteiger partial charge in [-0.15, -0.1) is 0 Å². The summed E-state index contributed by atoms with van der Waals surface area (Å²) in [6.45, 7) is 0.890. The zero-order valence-corrected chi connectivity index (χ0v) is 7.73. The molecule has 0 spiro atoms. The Morgan fingerprint density at radius 2 is 2.21 bits per heavy atom. The minimum atomic E-state index is -1.07. The largest absolute Gasteiger partial charge is 0.346 e. The van der Waals surface area contributed by atoms with E-state index in [0.29, 0.717) is 6.42 Å². The van der Waals surface area contributed by atoms with Crippen LogP contribution < -0.4 is 10.6 Å². The molecule has 2 rings (SSSR count). The van der Waals surface area contributed by atoms with Gasteiger partial charge < -0.3 is 10.6 Å². The van der Waals surface area contributed by atoms with Crippen LogP contribution in [0.2, 0.25) is 0 Å². The summed E-state index contributed by atoms with van der Waals surface area (Å²) in [6.07, 6.45) is 2.27. The van der Waals surface area contributed by atoms with Crippen LogP contribution in [0.5, 0.6) is 0 Å². The maximum absolute atomic E-state index is 11.3. The first-order valence-electron chi connectivity index (χ1n) is 4.86. The van der Waals surface area contributed by atoms with Gasteiger partial charge in [-0.3, -0.25) is 14.9 Å². The van der Waals surface area contributed by atoms with E-state index in [2.05, 4.69) is 10.6 Å². The minimum Gasteiger partial charge on any atom is -0.346 e. The average molecular weight is 199 g/mol. The average Bonchev–Trinajstić information content (AvgIpc) is 2.16. The Hall–Kier alpha value is -1.17. The number of carbonyl (C=O) groups is 1. The summed E-state index contributed by atoms with van der Waals surface area (Å²) >= 11 is 0. The first kappa shape index (κ1) is 9.39. The lowest BCUT2D eigenvalue weighted by molar-refractivity contribution is -0.510. The van der Waals surface area contributed by atoms with E-state index < -0.39 is 16.9 Å². The van der Waals surface area contributed by atoms with Crippen molar-refractivity contribution in [3.05, 3.63) is 10.1 Å². The summed E-state index contributed by atoms with van der Waals surface area (Å²) in [7, 11) is 0. The Kier molecular flexibility index (Phi) is 2.37. The fourth-order valence-electron chi connectivity index (χ4n) is 2.18. The van der Waals surface area contributed by atoms with E-state index in [0.717, 1.165) is 19.4 Å². The van der Waals surface area contributed by atoms with E-state index in [1.54, 1.807) is 0 Å². The molecule has 2 N–H and O–H groups in total. The van der Waals surface area contributed by atoms with E-state index in [1.165, 1.54) is 0 Å². The molecule has 14 heavy (non-hydrogen) atoms. The SMILES string of the molecule is O=C1NC2CCCNC2CC1[N+](=O)[O-]. The highest BCUT2D eigenvalue weighted by atomic mass is 16.6. The fraction of sp³-hybridized carbons (Fsp3) is 0.875. The summed E-state index contributed by atoms with van der Waals surface area (Å²) in [5.74, 6) is -0.431. The molecule has 6 heteroatoms. The predicted octanol–water partition coefficient (Wildman–Crippen LogP) is -0.728. The molecular formula is C8H13N3O3. The number of hydrogen-bond donors (Lipinski definition) is 2. The molecule has 78 valence electrons. The normalized spacial score (nSPS) is 37.1. The monoisotopic (exact) mass is 199 g/mol. The van der Waals surface area contributed by atoms with Crippen molar-refractivity contribution in [1.29, 1.82) is 0 Å². The lowest BCUT2D eigenvalue weighted by Crippen LogP contribution is -2.62. The Balaban J connectivity index is 2.07. The molecule has 0 aromatic heterocycles. The summed E-state index contributed by atoms with van der Waals surface area (Å²) in [6, 6.07) is -0.897. The Morgan fingerprint density at radius 1 is 1.43 bits per heavy atom. The second kappa shape index (κ2) is 3.53. The van der Waals surface area contributed by atoms with E-state index in [9.17, 15) is 14.9 Å². The molecular weight excluding hydrogens is 186 g/mol. The number of piperidine rings is 2. The molecule has 0 aliphatic carbocycles. The standard InChI is InChI=1S/C8H13N3O3/c12-8-7(11(13)14)4-6-5(10-8)2-1-3-9-6/h5-7,9H,1-4H2,(H,10,12). The first-order valence-corrected chi connectivity index (χ1v) is 4.86. The van der Waals surface area contributed by atoms with Crippen LogP contribution in [0.4, 0.5) is 0 Å². The smallest absolute Gasteiger partial charge is 0.295 e. The lowest BCUT2D eigenvalue weighted by atomic mass is 9.89. The summed E-state index contributed by atoms with van der Waals surface area (Å²) < 4.78 is 0. The van der Waals surface area contributed by atoms with Gasteiger partial charge in [0.2, 0.25) is 0 Å². The van der Waals surface area contributed by atoms with Crippen molar-refractivity contribution in [3.8, 4) is 0 Å². The molecule has 1 amide bonds. The van der Waals surface area contributed by atoms with Gasteiger partial charge in [-0.1, -0.05) is 0 Å². The van der Waals surface area contributed by atoms with Gasteiger partial charge in [0.1, 0.15) is 0 Å². The highest BCUT2D eigenvalue weighted by Crippen LogP contribution is 2.19. The van der Waals surface area contributed by atoms with Crippen molar-refractivity contribution in [2.75, 3.05) is 6.54 Å². The molecule has 6 nitrogen and oxygen atoms in total. The van der Waals surface area contributed by atoms with Gasteiger partial charge >= 0.3 is 0 Å². The first-order chi connectivity index (χ1) is 6.68. The highest BCUT2D eigenvalue weighted by molar-refractivity contribution is 5.81. The molecule has 2 aliphatic rings. The Morgan fingerprint density at radius 3 is 2.93 bits per heavy atom. The van der Waals surface area contributed by atoms with Crippen LogP contribution >= 0.6 is 0 Å². The van der Waals surface area contributed by atoms with Crippen LogP contribution in [0.1, 0.15) is 19.3 Å². The zero-order valence-electron chi connectivity index (χ0n) is 7.73. The summed E-state index contributed by atoms with van der Waals surface area (Å²) in [4.78, 5) is 21.4. The molecule has 0 aromatic rings. The van der Waals surface area contributed by atoms with Gasteiger partial charge in [0, 0.05) is 23.4 Å². The lowest BCUT2D eigenvalue weighted by Gasteiger charge is -2.37. The van der Waals surface area contributed by atoms with Gasteiger partial charge in [-0.2, -0.15) is 0 Å². The van der Waals surface area contributed by atoms with Crippen molar-refractivity contribution in [1.82, 2.24) is 10.6 Å². The Bertz CT molecular complexity index is 269. The van der Waals surface area contributed by atoms with Gasteiger partial charge in [0.15, 0.2) is 0 Å². The quantitative estimate of drug-likeness (QED) is 0.431. The highest BCUT2D eigenvalue weighted by Gasteiger charge is 2.42. The maximum atomic E-state index is 11.3. The van der Waals surface area contributed by atoms with E-state index >= 15 is 0 Å². The topological polar surface area (TPSA) is 84.3 Å². The van der Waals surface area contributed by atoms with Crippen molar-refractivity contribution < 1.29 is 9.72 Å². The third kappa shape index (κ3) is 1.57. The molecule has 0 saturated carbocycles. The van der Waals surface area contributed by atoms with Crippen molar-refractivity contribution in [2.24, 2.45) is 0 Å². The number of hydrogen-bond acceptors (Lipinski definition) is 4. The third-order valence-electron chi connectivity index (χ3n) is 2.95. The van der Waals surface area contributed by atoms with Gasteiger partial charge in [-0.25, -0.2) is 0 Å². The van der Waals surface area contributed by atoms with Gasteiger partial charge in [0.05, 0.1) is 0 Å². The molecule has 2 heterocycles. The van der Waals surface area contributed by atoms with Crippen molar-refractivity contribution in [3.63, 3.8) is 0 Å². The van der Waals surface area contributed by atoms with Gasteiger partial charge in [0.25, 0.3) is 11.9 Å². The molecule has 2 saturated heterocycles. The van der Waals surface area contributed by atoms with E-state index in [1.807, 2.05) is 0 Å². The summed E-state index contributed by atoms with van der Waals surface area (Å²) in [5.41, 5.74) is 0. The number of carbonyl (C=O) groups excluding carboxylic acids is 1. The fourth-order valence-corrected chi connectivity index (χ4v) is 2.18. The molecule has 0 aromatic carbocycles. The van der Waals surface area contributed by atoms with Crippen LogP contribution in [0.15, 0.2) is 0 Å². The van der Waals surface area contributed by atoms with E-state index in [-0.39, 0.29) is 12.1 Å². The number of amides is 1. The van der Waals surface area contributed by atoms with Crippen LogP contribution in [-0.2, 0) is 4.79 Å². The molecule has 0 bridgehead atoms. The third-order valence-corrected chi connectivity index (χ3v) is 2.95. The van der Waals surface area contributed by atoms with Crippen molar-refractivity contribution in [2.45, 2.75) is 37.4 Å². The zero-order chi connectivity index (χ0) is 10.1. The number of rotatable bonds is 1. The predicted molar refractivity (Wildman–Crippen MR) is 48.4 cm³/mol. The number of nitrogens with zero attached hydrogens (tertiary/aromatic N) is 1. The molecule has 2 fully saturated rings. The van der Waals surface area contributed by atoms with Crippen LogP contribution in [0, 0.1) is 10.1 Å². The number of fused-ring (bicyclic) bond motifs is 1. The second-order valence-electron chi connectivity index (χ2n) is 3.85. The molecule has 3 unspecified atom stereocenters. The molecule has 2 aliphatic heterocycles. The maximum Gasteiger partial charge on any atom is 0.295 e. The number of nitrogens with one attached hydrogen (secondary N) is 2. The molecule has 0 radical (unpaired) electrons. The van der Waals surface area contributed by atoms with Gasteiger partial charge in [-0.05, 0) is 19.4 Å². The van der Waals surface area contributed by atoms with Crippen molar-refractivity contribution >= 4 is 5.91 Å². The minimum absolute atomic E-state index is 0.0804. The van der Waals surface area contributed by atoms with E-state index in [4.69, 9.17) is 0 Å². The van der Waals surface area contributed by atoms with Crippen LogP contribution in [0.25, 0.3) is 0 Å².